The lowest BCUT2D eigenvalue weighted by Gasteiger charge is -2.10. The molecule has 0 aliphatic heterocycles. The van der Waals surface area contributed by atoms with Crippen LogP contribution in [0.4, 0.5) is 5.69 Å². The average Bonchev–Trinajstić information content (AvgIpc) is 3.26. The van der Waals surface area contributed by atoms with Crippen LogP contribution in [0.5, 0.6) is 5.88 Å². The van der Waals surface area contributed by atoms with E-state index in [4.69, 9.17) is 26.4 Å². The van der Waals surface area contributed by atoms with Gasteiger partial charge in [-0.3, -0.25) is 4.79 Å². The molecule has 0 saturated carbocycles. The monoisotopic (exact) mass is 482 g/mol. The second-order valence-electron chi connectivity index (χ2n) is 8.24. The molecule has 1 N–H and O–H groups in total. The van der Waals surface area contributed by atoms with Crippen LogP contribution in [0.3, 0.4) is 0 Å². The summed E-state index contributed by atoms with van der Waals surface area (Å²) in [4.78, 5) is 17.2. The first-order chi connectivity index (χ1) is 17.0. The van der Waals surface area contributed by atoms with Gasteiger partial charge in [-0.2, -0.15) is 10.1 Å². The summed E-state index contributed by atoms with van der Waals surface area (Å²) >= 11 is 6.15. The van der Waals surface area contributed by atoms with Gasteiger partial charge >= 0.3 is 0 Å². The van der Waals surface area contributed by atoms with Crippen molar-refractivity contribution < 1.29 is 9.53 Å². The predicted octanol–water partition coefficient (Wildman–Crippen LogP) is 6.38. The van der Waals surface area contributed by atoms with Gasteiger partial charge in [0.2, 0.25) is 5.88 Å². The maximum atomic E-state index is 12.5. The van der Waals surface area contributed by atoms with E-state index in [0.717, 1.165) is 33.5 Å². The molecule has 1 amide bonds. The minimum Gasteiger partial charge on any atom is -0.467 e. The number of carbonyl (C=O) groups excluding carboxylic acids is 1. The lowest BCUT2D eigenvalue weighted by atomic mass is 10.1. The molecule has 6 nitrogen and oxygen atoms in total. The summed E-state index contributed by atoms with van der Waals surface area (Å²) in [6, 6.07) is 27.1. The van der Waals surface area contributed by atoms with Gasteiger partial charge in [0.25, 0.3) is 5.91 Å². The van der Waals surface area contributed by atoms with Gasteiger partial charge in [0.05, 0.1) is 11.1 Å². The van der Waals surface area contributed by atoms with E-state index in [1.807, 2.05) is 91.3 Å². The number of benzene rings is 3. The van der Waals surface area contributed by atoms with Crippen molar-refractivity contribution in [2.24, 2.45) is 0 Å². The normalized spacial score (nSPS) is 10.9. The molecule has 5 rings (SSSR count). The zero-order chi connectivity index (χ0) is 24.4. The molecule has 0 saturated heterocycles. The first-order valence-corrected chi connectivity index (χ1v) is 11.6. The Balaban J connectivity index is 1.47. The maximum Gasteiger partial charge on any atom is 0.262 e. The second kappa shape index (κ2) is 9.60. The van der Waals surface area contributed by atoms with Crippen LogP contribution in [0, 0.1) is 13.8 Å². The Morgan fingerprint density at radius 3 is 2.37 bits per heavy atom. The van der Waals surface area contributed by atoms with Crippen molar-refractivity contribution in [2.45, 2.75) is 13.8 Å². The van der Waals surface area contributed by atoms with Crippen LogP contribution in [0.1, 0.15) is 11.1 Å². The number of para-hydroxylation sites is 1. The molecule has 0 unspecified atom stereocenters. The number of carbonyl (C=O) groups is 1. The van der Waals surface area contributed by atoms with Crippen LogP contribution >= 0.6 is 11.6 Å². The van der Waals surface area contributed by atoms with Crippen molar-refractivity contribution in [1.29, 1.82) is 0 Å². The van der Waals surface area contributed by atoms with E-state index in [-0.39, 0.29) is 12.5 Å². The molecule has 0 fully saturated rings. The van der Waals surface area contributed by atoms with E-state index >= 15 is 0 Å². The number of aromatic nitrogens is 3. The highest BCUT2D eigenvalue weighted by atomic mass is 35.5. The molecule has 7 heteroatoms. The molecule has 5 aromatic rings. The minimum atomic E-state index is -0.300. The number of aryl methyl sites for hydroxylation is 2. The first-order valence-electron chi connectivity index (χ1n) is 11.2. The average molecular weight is 483 g/mol. The number of pyridine rings is 1. The molecule has 0 bridgehead atoms. The molecule has 0 aliphatic rings. The standard InChI is InChI=1S/C28H23ClN4O2/c1-18-13-14-21(16-23(18)29)30-24(34)17-35-25-15-19(2)26-27(20-9-5-3-6-10-20)32-33(28(26)31-25)22-11-7-4-8-12-22/h3-16H,17H2,1-2H3,(H,30,34). The van der Waals surface area contributed by atoms with Crippen LogP contribution in [0.15, 0.2) is 84.9 Å². The lowest BCUT2D eigenvalue weighted by Crippen LogP contribution is -2.20. The van der Waals surface area contributed by atoms with Gasteiger partial charge in [0.1, 0.15) is 5.69 Å². The highest BCUT2D eigenvalue weighted by Crippen LogP contribution is 2.33. The molecular formula is C28H23ClN4O2. The number of ether oxygens (including phenoxy) is 1. The highest BCUT2D eigenvalue weighted by molar-refractivity contribution is 6.31. The number of hydrogen-bond acceptors (Lipinski definition) is 4. The van der Waals surface area contributed by atoms with Gasteiger partial charge in [0.15, 0.2) is 12.3 Å². The Bertz CT molecular complexity index is 1520. The predicted molar refractivity (Wildman–Crippen MR) is 139 cm³/mol. The van der Waals surface area contributed by atoms with Gasteiger partial charge < -0.3 is 10.1 Å². The van der Waals surface area contributed by atoms with Crippen molar-refractivity contribution in [3.63, 3.8) is 0 Å². The van der Waals surface area contributed by atoms with E-state index in [1.165, 1.54) is 0 Å². The minimum absolute atomic E-state index is 0.186. The van der Waals surface area contributed by atoms with Gasteiger partial charge in [-0.25, -0.2) is 4.68 Å². The molecule has 35 heavy (non-hydrogen) atoms. The first kappa shape index (κ1) is 22.6. The number of hydrogen-bond donors (Lipinski definition) is 1. The number of fused-ring (bicyclic) bond motifs is 1. The number of halogens is 1. The summed E-state index contributed by atoms with van der Waals surface area (Å²) in [6.45, 7) is 3.72. The van der Waals surface area contributed by atoms with Crippen molar-refractivity contribution in [2.75, 3.05) is 11.9 Å². The van der Waals surface area contributed by atoms with Crippen molar-refractivity contribution in [3.05, 3.63) is 101 Å². The van der Waals surface area contributed by atoms with Crippen LogP contribution in [0.25, 0.3) is 28.0 Å². The van der Waals surface area contributed by atoms with Crippen molar-refractivity contribution >= 4 is 34.2 Å². The zero-order valence-electron chi connectivity index (χ0n) is 19.3. The van der Waals surface area contributed by atoms with Gasteiger partial charge in [-0.05, 0) is 49.2 Å². The fraction of sp³-hybridized carbons (Fsp3) is 0.107. The van der Waals surface area contributed by atoms with Crippen molar-refractivity contribution in [1.82, 2.24) is 14.8 Å². The fourth-order valence-electron chi connectivity index (χ4n) is 3.90. The fourth-order valence-corrected chi connectivity index (χ4v) is 4.08. The molecule has 2 heterocycles. The number of nitrogens with zero attached hydrogens (tertiary/aromatic N) is 3. The second-order valence-corrected chi connectivity index (χ2v) is 8.65. The van der Waals surface area contributed by atoms with E-state index in [2.05, 4.69) is 5.32 Å². The Morgan fingerprint density at radius 2 is 1.66 bits per heavy atom. The largest absolute Gasteiger partial charge is 0.467 e. The third kappa shape index (κ3) is 4.74. The van der Waals surface area contributed by atoms with Crippen LogP contribution in [-0.4, -0.2) is 27.3 Å². The quantitative estimate of drug-likeness (QED) is 0.305. The molecule has 3 aromatic carbocycles. The summed E-state index contributed by atoms with van der Waals surface area (Å²) in [5, 5.41) is 9.23. The zero-order valence-corrected chi connectivity index (χ0v) is 20.1. The molecule has 0 radical (unpaired) electrons. The summed E-state index contributed by atoms with van der Waals surface area (Å²) in [7, 11) is 0. The number of amides is 1. The van der Waals surface area contributed by atoms with E-state index in [9.17, 15) is 4.79 Å². The summed E-state index contributed by atoms with van der Waals surface area (Å²) in [5.41, 5.74) is 5.91. The molecule has 0 spiro atoms. The Labute approximate surface area is 208 Å². The van der Waals surface area contributed by atoms with Crippen LogP contribution < -0.4 is 10.1 Å². The van der Waals surface area contributed by atoms with E-state index < -0.39 is 0 Å². The topological polar surface area (TPSA) is 69.0 Å². The summed E-state index contributed by atoms with van der Waals surface area (Å²) in [5.74, 6) is 0.0507. The smallest absolute Gasteiger partial charge is 0.262 e. The lowest BCUT2D eigenvalue weighted by molar-refractivity contribution is -0.118. The number of anilines is 1. The Kier molecular flexibility index (Phi) is 6.21. The molecule has 2 aromatic heterocycles. The molecule has 174 valence electrons. The summed E-state index contributed by atoms with van der Waals surface area (Å²) < 4.78 is 7.60. The molecule has 0 aliphatic carbocycles. The van der Waals surface area contributed by atoms with Crippen LogP contribution in [0.2, 0.25) is 5.02 Å². The summed E-state index contributed by atoms with van der Waals surface area (Å²) in [6.07, 6.45) is 0. The van der Waals surface area contributed by atoms with E-state index in [0.29, 0.717) is 22.2 Å². The molecular weight excluding hydrogens is 460 g/mol. The highest BCUT2D eigenvalue weighted by Gasteiger charge is 2.19. The third-order valence-corrected chi connectivity index (χ3v) is 6.07. The van der Waals surface area contributed by atoms with Gasteiger partial charge in [0, 0.05) is 22.3 Å². The van der Waals surface area contributed by atoms with Gasteiger partial charge in [-0.15, -0.1) is 0 Å². The number of rotatable bonds is 6. The molecule has 0 atom stereocenters. The van der Waals surface area contributed by atoms with E-state index in [1.54, 1.807) is 12.1 Å². The van der Waals surface area contributed by atoms with Gasteiger partial charge in [-0.1, -0.05) is 66.2 Å². The third-order valence-electron chi connectivity index (χ3n) is 5.67. The van der Waals surface area contributed by atoms with Crippen molar-refractivity contribution in [3.8, 4) is 22.8 Å². The Hall–Kier alpha value is -4.16. The Morgan fingerprint density at radius 1 is 0.943 bits per heavy atom. The SMILES string of the molecule is Cc1ccc(NC(=O)COc2cc(C)c3c(-c4ccccc4)nn(-c4ccccc4)c3n2)cc1Cl. The van der Waals surface area contributed by atoms with Crippen LogP contribution in [-0.2, 0) is 4.79 Å². The number of nitrogens with one attached hydrogen (secondary N) is 1. The maximum absolute atomic E-state index is 12.5.